The Kier molecular flexibility index (Phi) is 3.36. The van der Waals surface area contributed by atoms with Crippen molar-refractivity contribution < 1.29 is 4.79 Å². The van der Waals surface area contributed by atoms with Crippen LogP contribution in [0.1, 0.15) is 52.6 Å². The van der Waals surface area contributed by atoms with Crippen molar-refractivity contribution >= 4 is 5.91 Å². The van der Waals surface area contributed by atoms with Crippen molar-refractivity contribution in [3.63, 3.8) is 0 Å². The number of H-pyrrole nitrogens is 1. The number of amides is 1. The summed E-state index contributed by atoms with van der Waals surface area (Å²) < 4.78 is 0. The summed E-state index contributed by atoms with van der Waals surface area (Å²) in [6.45, 7) is 1.53. The fourth-order valence-electron chi connectivity index (χ4n) is 3.59. The van der Waals surface area contributed by atoms with Gasteiger partial charge in [0.25, 0.3) is 5.91 Å². The summed E-state index contributed by atoms with van der Waals surface area (Å²) in [5.41, 5.74) is 3.94. The van der Waals surface area contributed by atoms with Gasteiger partial charge in [-0.2, -0.15) is 5.10 Å². The molecule has 2 aromatic heterocycles. The van der Waals surface area contributed by atoms with Gasteiger partial charge in [-0.3, -0.25) is 9.89 Å². The fraction of sp³-hybridized carbons (Fsp3) is 0.500. The van der Waals surface area contributed by atoms with E-state index in [1.54, 1.807) is 12.5 Å². The van der Waals surface area contributed by atoms with Crippen LogP contribution in [-0.2, 0) is 12.8 Å². The molecule has 6 nitrogen and oxygen atoms in total. The van der Waals surface area contributed by atoms with Crippen LogP contribution in [0.4, 0.5) is 0 Å². The highest BCUT2D eigenvalue weighted by molar-refractivity contribution is 5.94. The minimum Gasteiger partial charge on any atom is -0.337 e. The van der Waals surface area contributed by atoms with Gasteiger partial charge in [-0.1, -0.05) is 0 Å². The van der Waals surface area contributed by atoms with Gasteiger partial charge in [-0.05, 0) is 38.2 Å². The van der Waals surface area contributed by atoms with E-state index in [4.69, 9.17) is 0 Å². The lowest BCUT2D eigenvalue weighted by atomic mass is 9.94. The number of rotatable bonds is 2. The van der Waals surface area contributed by atoms with Crippen molar-refractivity contribution in [1.82, 2.24) is 25.1 Å². The molecule has 1 amide bonds. The van der Waals surface area contributed by atoms with Crippen LogP contribution in [0.2, 0.25) is 0 Å². The van der Waals surface area contributed by atoms with E-state index in [-0.39, 0.29) is 5.91 Å². The van der Waals surface area contributed by atoms with Gasteiger partial charge in [-0.15, -0.1) is 0 Å². The number of nitrogens with zero attached hydrogens (tertiary/aromatic N) is 4. The number of aromatic nitrogens is 4. The third kappa shape index (κ3) is 2.28. The molecule has 6 heteroatoms. The molecule has 0 radical (unpaired) electrons. The number of carbonyl (C=O) groups excluding carboxylic acids is 1. The summed E-state index contributed by atoms with van der Waals surface area (Å²) in [5, 5.41) is 7.30. The number of nitrogens with one attached hydrogen (secondary N) is 1. The average Bonchev–Trinajstić information content (AvgIpc) is 3.18. The lowest BCUT2D eigenvalue weighted by Gasteiger charge is -2.32. The third-order valence-electron chi connectivity index (χ3n) is 4.74. The van der Waals surface area contributed by atoms with Crippen molar-refractivity contribution in [2.24, 2.45) is 0 Å². The zero-order valence-electron chi connectivity index (χ0n) is 12.5. The van der Waals surface area contributed by atoms with Crippen LogP contribution in [0, 0.1) is 0 Å². The maximum absolute atomic E-state index is 12.8. The normalized spacial score (nSPS) is 20.9. The summed E-state index contributed by atoms with van der Waals surface area (Å²) in [4.78, 5) is 23.1. The summed E-state index contributed by atoms with van der Waals surface area (Å²) in [6, 6.07) is 1.95. The van der Waals surface area contributed by atoms with Crippen molar-refractivity contribution in [3.05, 3.63) is 41.2 Å². The zero-order valence-corrected chi connectivity index (χ0v) is 12.5. The lowest BCUT2D eigenvalue weighted by Crippen LogP contribution is -2.39. The van der Waals surface area contributed by atoms with E-state index in [0.717, 1.165) is 62.1 Å². The van der Waals surface area contributed by atoms with E-state index in [0.29, 0.717) is 11.6 Å². The molecule has 2 aromatic rings. The van der Waals surface area contributed by atoms with Gasteiger partial charge >= 0.3 is 0 Å². The maximum atomic E-state index is 12.8. The van der Waals surface area contributed by atoms with Crippen LogP contribution in [0.5, 0.6) is 0 Å². The predicted molar refractivity (Wildman–Crippen MR) is 80.5 cm³/mol. The molecule has 0 saturated carbocycles. The molecule has 0 spiro atoms. The molecule has 0 unspecified atom stereocenters. The van der Waals surface area contributed by atoms with Crippen molar-refractivity contribution in [3.8, 4) is 0 Å². The van der Waals surface area contributed by atoms with E-state index < -0.39 is 0 Å². The van der Waals surface area contributed by atoms with Crippen molar-refractivity contribution in [2.75, 3.05) is 13.1 Å². The van der Waals surface area contributed by atoms with Gasteiger partial charge in [-0.25, -0.2) is 9.97 Å². The predicted octanol–water partition coefficient (Wildman–Crippen LogP) is 1.71. The molecule has 22 heavy (non-hydrogen) atoms. The summed E-state index contributed by atoms with van der Waals surface area (Å²) >= 11 is 0. The number of piperidine rings is 1. The number of hydrogen-bond acceptors (Lipinski definition) is 4. The second kappa shape index (κ2) is 5.51. The van der Waals surface area contributed by atoms with Gasteiger partial charge < -0.3 is 4.90 Å². The Morgan fingerprint density at radius 3 is 3.14 bits per heavy atom. The highest BCUT2D eigenvalue weighted by Crippen LogP contribution is 2.28. The molecular formula is C16H19N5O. The van der Waals surface area contributed by atoms with E-state index in [1.807, 2.05) is 11.0 Å². The Labute approximate surface area is 129 Å². The maximum Gasteiger partial charge on any atom is 0.274 e. The average molecular weight is 297 g/mol. The van der Waals surface area contributed by atoms with Crippen LogP contribution in [0.25, 0.3) is 0 Å². The molecule has 1 fully saturated rings. The summed E-state index contributed by atoms with van der Waals surface area (Å²) in [5.74, 6) is 0.367. The van der Waals surface area contributed by atoms with Crippen molar-refractivity contribution in [2.45, 2.75) is 38.0 Å². The zero-order chi connectivity index (χ0) is 14.9. The number of likely N-dealkylation sites (tertiary alicyclic amines) is 1. The monoisotopic (exact) mass is 297 g/mol. The molecule has 1 aliphatic heterocycles. The molecule has 3 heterocycles. The second-order valence-corrected chi connectivity index (χ2v) is 6.11. The molecule has 4 rings (SSSR count). The number of hydrogen-bond donors (Lipinski definition) is 1. The van der Waals surface area contributed by atoms with Crippen LogP contribution in [0.3, 0.4) is 0 Å². The van der Waals surface area contributed by atoms with Crippen LogP contribution >= 0.6 is 0 Å². The lowest BCUT2D eigenvalue weighted by molar-refractivity contribution is 0.0698. The Morgan fingerprint density at radius 1 is 1.32 bits per heavy atom. The highest BCUT2D eigenvalue weighted by Gasteiger charge is 2.30. The largest absolute Gasteiger partial charge is 0.337 e. The number of carbonyl (C=O) groups is 1. The van der Waals surface area contributed by atoms with Crippen LogP contribution in [0.15, 0.2) is 18.6 Å². The molecule has 0 aromatic carbocycles. The molecule has 1 aliphatic carbocycles. The first-order valence-electron chi connectivity index (χ1n) is 7.94. The summed E-state index contributed by atoms with van der Waals surface area (Å²) in [6.07, 6.45) is 8.52. The molecule has 0 bridgehead atoms. The van der Waals surface area contributed by atoms with Crippen molar-refractivity contribution in [1.29, 1.82) is 0 Å². The number of aryl methyl sites for hydroxylation is 1. The van der Waals surface area contributed by atoms with E-state index in [2.05, 4.69) is 20.2 Å². The van der Waals surface area contributed by atoms with E-state index >= 15 is 0 Å². The Bertz CT molecular complexity index is 681. The second-order valence-electron chi connectivity index (χ2n) is 6.11. The molecule has 1 atom stereocenters. The van der Waals surface area contributed by atoms with Gasteiger partial charge in [0.05, 0.1) is 0 Å². The SMILES string of the molecule is O=C(c1n[nH]c2c1CCC2)N1CCC[C@H](c2ccncn2)C1. The Balaban J connectivity index is 1.53. The Morgan fingerprint density at radius 2 is 2.27 bits per heavy atom. The molecule has 2 aliphatic rings. The molecule has 1 N–H and O–H groups in total. The quantitative estimate of drug-likeness (QED) is 0.915. The fourth-order valence-corrected chi connectivity index (χ4v) is 3.59. The van der Waals surface area contributed by atoms with Gasteiger partial charge in [0, 0.05) is 42.2 Å². The molecule has 114 valence electrons. The topological polar surface area (TPSA) is 74.8 Å². The molecular weight excluding hydrogens is 278 g/mol. The smallest absolute Gasteiger partial charge is 0.274 e. The first-order chi connectivity index (χ1) is 10.8. The summed E-state index contributed by atoms with van der Waals surface area (Å²) in [7, 11) is 0. The number of aromatic amines is 1. The minimum atomic E-state index is 0.0677. The van der Waals surface area contributed by atoms with Gasteiger partial charge in [0.2, 0.25) is 0 Å². The standard InChI is InChI=1S/C16H19N5O/c22-16(15-12-4-1-5-14(12)19-20-15)21-8-2-3-11(9-21)13-6-7-17-10-18-13/h6-7,10-11H,1-5,8-9H2,(H,19,20)/t11-/m0/s1. The number of fused-ring (bicyclic) bond motifs is 1. The van der Waals surface area contributed by atoms with Gasteiger partial charge in [0.15, 0.2) is 5.69 Å². The first kappa shape index (κ1) is 13.4. The third-order valence-corrected chi connectivity index (χ3v) is 4.74. The minimum absolute atomic E-state index is 0.0677. The van der Waals surface area contributed by atoms with Gasteiger partial charge in [0.1, 0.15) is 6.33 Å². The van der Waals surface area contributed by atoms with Crippen LogP contribution < -0.4 is 0 Å². The molecule has 1 saturated heterocycles. The Hall–Kier alpha value is -2.24. The van der Waals surface area contributed by atoms with E-state index in [1.165, 1.54) is 0 Å². The first-order valence-corrected chi connectivity index (χ1v) is 7.94. The van der Waals surface area contributed by atoms with E-state index in [9.17, 15) is 4.79 Å². The van der Waals surface area contributed by atoms with Crippen LogP contribution in [-0.4, -0.2) is 44.1 Å². The highest BCUT2D eigenvalue weighted by atomic mass is 16.2.